The number of halogens is 4. The van der Waals surface area contributed by atoms with Crippen molar-refractivity contribution in [1.82, 2.24) is 14.5 Å². The Morgan fingerprint density at radius 1 is 0.971 bits per heavy atom. The predicted octanol–water partition coefficient (Wildman–Crippen LogP) is 3.14. The Hall–Kier alpha value is -3.83. The molecule has 11 heteroatoms. The Morgan fingerprint density at radius 3 is 2.38 bits per heavy atom. The third-order valence-electron chi connectivity index (χ3n) is 5.20. The molecule has 7 nitrogen and oxygen atoms in total. The number of anilines is 1. The molecule has 4 aromatic rings. The third kappa shape index (κ3) is 4.11. The first-order valence-electron chi connectivity index (χ1n) is 10.1. The number of rotatable bonds is 6. The van der Waals surface area contributed by atoms with E-state index >= 15 is 0 Å². The molecule has 0 aliphatic rings. The van der Waals surface area contributed by atoms with Crippen molar-refractivity contribution < 1.29 is 27.8 Å². The maximum absolute atomic E-state index is 14.7. The molecule has 2 aromatic carbocycles. The fourth-order valence-corrected chi connectivity index (χ4v) is 3.57. The standard InChI is InChI=1S/C23H18F4N4O3/c1-2-30(20(34)11-32)23-28-21(12-3-6-15(25)16(26)9-12)14-5-8-19(33)31(22(14)29-23)18-7-4-13(24)10-17(18)27/h3-10,20,32,34H,2,11H2,1H3. The minimum absolute atomic E-state index is 0.0544. The topological polar surface area (TPSA) is 91.5 Å². The maximum Gasteiger partial charge on any atom is 0.256 e. The van der Waals surface area contributed by atoms with Gasteiger partial charge in [0, 0.05) is 29.6 Å². The SMILES string of the molecule is CCN(c1nc(-c2ccc(F)c(F)c2)c2ccc(=O)n(-c3ccc(F)cc3F)c2n1)C(O)CO. The molecular formula is C23H18F4N4O3. The van der Waals surface area contributed by atoms with E-state index in [-0.39, 0.29) is 40.5 Å². The first kappa shape index (κ1) is 23.3. The summed E-state index contributed by atoms with van der Waals surface area (Å²) in [6.45, 7) is 1.08. The van der Waals surface area contributed by atoms with Crippen LogP contribution in [0.2, 0.25) is 0 Å². The number of nitrogens with zero attached hydrogens (tertiary/aromatic N) is 4. The van der Waals surface area contributed by atoms with Gasteiger partial charge in [0.2, 0.25) is 5.95 Å². The van der Waals surface area contributed by atoms with Crippen molar-refractivity contribution in [2.45, 2.75) is 13.2 Å². The van der Waals surface area contributed by atoms with Crippen LogP contribution in [0, 0.1) is 23.3 Å². The molecule has 4 rings (SSSR count). The molecule has 0 saturated heterocycles. The lowest BCUT2D eigenvalue weighted by molar-refractivity contribution is 0.0913. The van der Waals surface area contributed by atoms with Gasteiger partial charge < -0.3 is 15.1 Å². The van der Waals surface area contributed by atoms with Crippen LogP contribution >= 0.6 is 0 Å². The number of fused-ring (bicyclic) bond motifs is 1. The Morgan fingerprint density at radius 2 is 1.74 bits per heavy atom. The summed E-state index contributed by atoms with van der Waals surface area (Å²) < 4.78 is 56.6. The quantitative estimate of drug-likeness (QED) is 0.330. The molecular weight excluding hydrogens is 456 g/mol. The lowest BCUT2D eigenvalue weighted by Crippen LogP contribution is -2.39. The van der Waals surface area contributed by atoms with Crippen LogP contribution in [0.1, 0.15) is 6.92 Å². The lowest BCUT2D eigenvalue weighted by atomic mass is 10.1. The van der Waals surface area contributed by atoms with Crippen molar-refractivity contribution in [3.05, 3.63) is 82.2 Å². The highest BCUT2D eigenvalue weighted by molar-refractivity contribution is 5.92. The summed E-state index contributed by atoms with van der Waals surface area (Å²) in [6.07, 6.45) is -1.42. The average molecular weight is 474 g/mol. The lowest BCUT2D eigenvalue weighted by Gasteiger charge is -2.26. The van der Waals surface area contributed by atoms with Crippen LogP contribution in [-0.2, 0) is 0 Å². The van der Waals surface area contributed by atoms with Crippen LogP contribution in [0.4, 0.5) is 23.5 Å². The van der Waals surface area contributed by atoms with Crippen LogP contribution in [0.15, 0.2) is 53.3 Å². The van der Waals surface area contributed by atoms with Crippen molar-refractivity contribution in [2.24, 2.45) is 0 Å². The summed E-state index contributed by atoms with van der Waals surface area (Å²) >= 11 is 0. The normalized spacial score (nSPS) is 12.2. The summed E-state index contributed by atoms with van der Waals surface area (Å²) in [4.78, 5) is 22.7. The Labute approximate surface area is 190 Å². The van der Waals surface area contributed by atoms with E-state index in [9.17, 15) is 32.6 Å². The van der Waals surface area contributed by atoms with Crippen molar-refractivity contribution in [3.63, 3.8) is 0 Å². The molecule has 0 bridgehead atoms. The summed E-state index contributed by atoms with van der Waals surface area (Å²) in [5.41, 5.74) is -0.967. The van der Waals surface area contributed by atoms with Gasteiger partial charge in [-0.25, -0.2) is 22.5 Å². The molecule has 0 spiro atoms. The van der Waals surface area contributed by atoms with Gasteiger partial charge in [0.15, 0.2) is 23.5 Å². The van der Waals surface area contributed by atoms with E-state index in [1.165, 1.54) is 17.0 Å². The summed E-state index contributed by atoms with van der Waals surface area (Å²) in [7, 11) is 0. The first-order chi connectivity index (χ1) is 16.2. The Kier molecular flexibility index (Phi) is 6.31. The second kappa shape index (κ2) is 9.20. The van der Waals surface area contributed by atoms with Gasteiger partial charge in [0.1, 0.15) is 11.6 Å². The van der Waals surface area contributed by atoms with E-state index in [0.29, 0.717) is 6.07 Å². The number of aromatic nitrogens is 3. The highest BCUT2D eigenvalue weighted by Crippen LogP contribution is 2.30. The summed E-state index contributed by atoms with van der Waals surface area (Å²) in [5, 5.41) is 19.8. The van der Waals surface area contributed by atoms with Gasteiger partial charge in [-0.15, -0.1) is 0 Å². The second-order valence-electron chi connectivity index (χ2n) is 7.29. The molecule has 0 aliphatic heterocycles. The molecule has 1 unspecified atom stereocenters. The van der Waals surface area contributed by atoms with E-state index < -0.39 is 41.7 Å². The Balaban J connectivity index is 2.12. The fourth-order valence-electron chi connectivity index (χ4n) is 3.57. The van der Waals surface area contributed by atoms with Gasteiger partial charge in [0.05, 0.1) is 18.0 Å². The van der Waals surface area contributed by atoms with Gasteiger partial charge in [-0.2, -0.15) is 4.98 Å². The number of pyridine rings is 1. The van der Waals surface area contributed by atoms with E-state index in [2.05, 4.69) is 9.97 Å². The van der Waals surface area contributed by atoms with Crippen LogP contribution in [-0.4, -0.2) is 44.1 Å². The fraction of sp³-hybridized carbons (Fsp3) is 0.174. The number of likely N-dealkylation sites (N-methyl/N-ethyl adjacent to an activating group) is 1. The molecule has 176 valence electrons. The average Bonchev–Trinajstić information content (AvgIpc) is 2.81. The van der Waals surface area contributed by atoms with Crippen molar-refractivity contribution >= 4 is 17.0 Å². The molecule has 2 aromatic heterocycles. The highest BCUT2D eigenvalue weighted by Gasteiger charge is 2.22. The van der Waals surface area contributed by atoms with Gasteiger partial charge >= 0.3 is 0 Å². The number of aliphatic hydroxyl groups is 2. The summed E-state index contributed by atoms with van der Waals surface area (Å²) in [5.74, 6) is -4.29. The smallest absolute Gasteiger partial charge is 0.256 e. The zero-order chi connectivity index (χ0) is 24.6. The monoisotopic (exact) mass is 474 g/mol. The zero-order valence-electron chi connectivity index (χ0n) is 17.7. The van der Waals surface area contributed by atoms with Gasteiger partial charge in [-0.3, -0.25) is 9.36 Å². The van der Waals surface area contributed by atoms with Crippen LogP contribution < -0.4 is 10.5 Å². The number of aliphatic hydroxyl groups excluding tert-OH is 2. The van der Waals surface area contributed by atoms with Gasteiger partial charge in [-0.05, 0) is 43.3 Å². The molecule has 0 saturated carbocycles. The van der Waals surface area contributed by atoms with Crippen LogP contribution in [0.3, 0.4) is 0 Å². The highest BCUT2D eigenvalue weighted by atomic mass is 19.2. The maximum atomic E-state index is 14.7. The van der Waals surface area contributed by atoms with Crippen LogP contribution in [0.25, 0.3) is 28.0 Å². The molecule has 1 atom stereocenters. The molecule has 0 aliphatic carbocycles. The van der Waals surface area contributed by atoms with E-state index in [1.807, 2.05) is 0 Å². The summed E-state index contributed by atoms with van der Waals surface area (Å²) in [6, 6.07) is 8.14. The van der Waals surface area contributed by atoms with Gasteiger partial charge in [0.25, 0.3) is 5.56 Å². The second-order valence-corrected chi connectivity index (χ2v) is 7.29. The number of benzene rings is 2. The van der Waals surface area contributed by atoms with Crippen molar-refractivity contribution in [3.8, 4) is 16.9 Å². The van der Waals surface area contributed by atoms with Gasteiger partial charge in [-0.1, -0.05) is 0 Å². The predicted molar refractivity (Wildman–Crippen MR) is 117 cm³/mol. The molecule has 0 radical (unpaired) electrons. The largest absolute Gasteiger partial charge is 0.392 e. The molecule has 34 heavy (non-hydrogen) atoms. The molecule has 2 heterocycles. The van der Waals surface area contributed by atoms with Crippen molar-refractivity contribution in [2.75, 3.05) is 18.1 Å². The molecule has 2 N–H and O–H groups in total. The zero-order valence-corrected chi connectivity index (χ0v) is 17.7. The third-order valence-corrected chi connectivity index (χ3v) is 5.20. The van der Waals surface area contributed by atoms with E-state index in [0.717, 1.165) is 34.9 Å². The Bertz CT molecular complexity index is 1440. The number of hydrogen-bond donors (Lipinski definition) is 2. The van der Waals surface area contributed by atoms with Crippen molar-refractivity contribution in [1.29, 1.82) is 0 Å². The van der Waals surface area contributed by atoms with E-state index in [1.54, 1.807) is 6.92 Å². The van der Waals surface area contributed by atoms with Crippen LogP contribution in [0.5, 0.6) is 0 Å². The number of hydrogen-bond acceptors (Lipinski definition) is 6. The molecule has 0 fully saturated rings. The minimum Gasteiger partial charge on any atom is -0.392 e. The molecule has 0 amide bonds. The van der Waals surface area contributed by atoms with E-state index in [4.69, 9.17) is 0 Å². The minimum atomic E-state index is -1.42. The first-order valence-corrected chi connectivity index (χ1v) is 10.1.